The molecule has 5 rings (SSSR count). The Morgan fingerprint density at radius 3 is 2.42 bits per heavy atom. The molecule has 5 heteroatoms. The van der Waals surface area contributed by atoms with E-state index in [1.54, 1.807) is 12.1 Å². The Kier molecular flexibility index (Phi) is 5.49. The SMILES string of the molecule is CC(=O)O[C@H]1CC[C@@]2(C)C(=CC(=O)[C@@H]3[C@H]4CC[C@@H](OC(=O)c5ccccc5)[C@]4(C)CC[C@H]32)C1. The van der Waals surface area contributed by atoms with E-state index in [0.29, 0.717) is 17.9 Å². The van der Waals surface area contributed by atoms with Crippen LogP contribution in [0.15, 0.2) is 42.0 Å². The number of benzene rings is 1. The van der Waals surface area contributed by atoms with Gasteiger partial charge in [-0.05, 0) is 74.0 Å². The third kappa shape index (κ3) is 3.64. The Morgan fingerprint density at radius 2 is 1.70 bits per heavy atom. The smallest absolute Gasteiger partial charge is 0.338 e. The van der Waals surface area contributed by atoms with Gasteiger partial charge in [0.1, 0.15) is 12.2 Å². The van der Waals surface area contributed by atoms with Crippen molar-refractivity contribution in [3.63, 3.8) is 0 Å². The molecule has 0 aromatic heterocycles. The van der Waals surface area contributed by atoms with E-state index in [4.69, 9.17) is 9.47 Å². The fraction of sp³-hybridized carbons (Fsp3) is 0.607. The Bertz CT molecular complexity index is 997. The normalized spacial score (nSPS) is 39.5. The van der Waals surface area contributed by atoms with E-state index in [-0.39, 0.29) is 52.6 Å². The Labute approximate surface area is 195 Å². The average Bonchev–Trinajstić information content (AvgIpc) is 3.11. The third-order valence-corrected chi connectivity index (χ3v) is 9.41. The van der Waals surface area contributed by atoms with Gasteiger partial charge in [0.05, 0.1) is 5.56 Å². The van der Waals surface area contributed by atoms with Crippen molar-refractivity contribution in [1.82, 2.24) is 0 Å². The molecule has 33 heavy (non-hydrogen) atoms. The molecule has 1 aromatic carbocycles. The lowest BCUT2D eigenvalue weighted by Gasteiger charge is -2.56. The molecule has 3 fully saturated rings. The minimum absolute atomic E-state index is 0.0109. The Balaban J connectivity index is 1.37. The monoisotopic (exact) mass is 450 g/mol. The van der Waals surface area contributed by atoms with E-state index in [1.807, 2.05) is 24.3 Å². The van der Waals surface area contributed by atoms with Crippen LogP contribution in [0.3, 0.4) is 0 Å². The fourth-order valence-corrected chi connectivity index (χ4v) is 7.62. The van der Waals surface area contributed by atoms with Gasteiger partial charge in [-0.2, -0.15) is 0 Å². The van der Waals surface area contributed by atoms with Crippen LogP contribution in [0, 0.1) is 28.6 Å². The van der Waals surface area contributed by atoms with Gasteiger partial charge in [0.2, 0.25) is 0 Å². The lowest BCUT2D eigenvalue weighted by molar-refractivity contribution is -0.149. The second kappa shape index (κ2) is 8.11. The second-order valence-corrected chi connectivity index (χ2v) is 11.1. The summed E-state index contributed by atoms with van der Waals surface area (Å²) in [4.78, 5) is 37.7. The van der Waals surface area contributed by atoms with Crippen molar-refractivity contribution in [1.29, 1.82) is 0 Å². The number of ketones is 1. The Hall–Kier alpha value is -2.43. The number of esters is 2. The second-order valence-electron chi connectivity index (χ2n) is 11.1. The number of carbonyl (C=O) groups is 3. The highest BCUT2D eigenvalue weighted by Gasteiger charge is 2.62. The maximum absolute atomic E-state index is 13.5. The Morgan fingerprint density at radius 1 is 0.939 bits per heavy atom. The van der Waals surface area contributed by atoms with Crippen molar-refractivity contribution in [2.45, 2.75) is 77.9 Å². The summed E-state index contributed by atoms with van der Waals surface area (Å²) in [6.45, 7) is 6.00. The van der Waals surface area contributed by atoms with Crippen LogP contribution in [0.1, 0.15) is 76.1 Å². The number of allylic oxidation sites excluding steroid dienone is 1. The van der Waals surface area contributed by atoms with Gasteiger partial charge in [0.15, 0.2) is 5.78 Å². The van der Waals surface area contributed by atoms with Crippen molar-refractivity contribution in [3.8, 4) is 0 Å². The van der Waals surface area contributed by atoms with Crippen LogP contribution in [0.4, 0.5) is 0 Å². The molecule has 4 aliphatic carbocycles. The molecule has 5 nitrogen and oxygen atoms in total. The zero-order valence-corrected chi connectivity index (χ0v) is 19.8. The highest BCUT2D eigenvalue weighted by molar-refractivity contribution is 5.94. The average molecular weight is 451 g/mol. The molecule has 0 saturated heterocycles. The minimum Gasteiger partial charge on any atom is -0.462 e. The lowest BCUT2D eigenvalue weighted by Crippen LogP contribution is -2.54. The van der Waals surface area contributed by atoms with E-state index >= 15 is 0 Å². The molecule has 0 bridgehead atoms. The summed E-state index contributed by atoms with van der Waals surface area (Å²) in [6, 6.07) is 9.17. The maximum atomic E-state index is 13.5. The van der Waals surface area contributed by atoms with Gasteiger partial charge in [-0.25, -0.2) is 4.79 Å². The van der Waals surface area contributed by atoms with E-state index in [1.165, 1.54) is 12.5 Å². The summed E-state index contributed by atoms with van der Waals surface area (Å²) in [6.07, 6.45) is 7.75. The topological polar surface area (TPSA) is 69.7 Å². The van der Waals surface area contributed by atoms with Crippen molar-refractivity contribution in [3.05, 3.63) is 47.5 Å². The zero-order chi connectivity index (χ0) is 23.4. The molecule has 0 amide bonds. The standard InChI is InChI=1S/C28H34O5/c1-17(29)32-20-11-13-27(2)19(15-20)16-23(30)25-21-9-10-24(28(21,3)14-12-22(25)27)33-26(31)18-7-5-4-6-8-18/h4-8,16,20-22,24-25H,9-15H2,1-3H3/t20-,21+,22+,24+,25+,27-,28+/m0/s1. The summed E-state index contributed by atoms with van der Waals surface area (Å²) in [5, 5.41) is 0. The molecule has 0 unspecified atom stereocenters. The quantitative estimate of drug-likeness (QED) is 0.586. The van der Waals surface area contributed by atoms with Crippen molar-refractivity contribution in [2.75, 3.05) is 0 Å². The first-order valence-electron chi connectivity index (χ1n) is 12.4. The van der Waals surface area contributed by atoms with Crippen molar-refractivity contribution < 1.29 is 23.9 Å². The molecular weight excluding hydrogens is 416 g/mol. The largest absolute Gasteiger partial charge is 0.462 e. The molecule has 0 aliphatic heterocycles. The number of fused-ring (bicyclic) bond motifs is 5. The predicted octanol–water partition coefficient (Wildman–Crippen LogP) is 5.29. The summed E-state index contributed by atoms with van der Waals surface area (Å²) in [7, 11) is 0. The van der Waals surface area contributed by atoms with Crippen molar-refractivity contribution in [2.24, 2.45) is 28.6 Å². The van der Waals surface area contributed by atoms with E-state index in [2.05, 4.69) is 13.8 Å². The molecule has 176 valence electrons. The van der Waals surface area contributed by atoms with Crippen molar-refractivity contribution >= 4 is 17.7 Å². The number of hydrogen-bond acceptors (Lipinski definition) is 5. The number of ether oxygens (including phenoxy) is 2. The molecular formula is C28H34O5. The molecule has 4 aliphatic rings. The fourth-order valence-electron chi connectivity index (χ4n) is 7.62. The zero-order valence-electron chi connectivity index (χ0n) is 19.8. The third-order valence-electron chi connectivity index (χ3n) is 9.41. The number of hydrogen-bond donors (Lipinski definition) is 0. The summed E-state index contributed by atoms with van der Waals surface area (Å²) < 4.78 is 11.5. The number of rotatable bonds is 3. The van der Waals surface area contributed by atoms with Gasteiger partial charge in [-0.15, -0.1) is 0 Å². The lowest BCUT2D eigenvalue weighted by atomic mass is 9.47. The molecule has 1 aromatic rings. The molecule has 3 saturated carbocycles. The summed E-state index contributed by atoms with van der Waals surface area (Å²) in [5.74, 6) is 0.241. The molecule has 0 radical (unpaired) electrons. The summed E-state index contributed by atoms with van der Waals surface area (Å²) in [5.41, 5.74) is 1.56. The number of carbonyl (C=O) groups excluding carboxylic acids is 3. The van der Waals surface area contributed by atoms with Gasteiger partial charge >= 0.3 is 11.9 Å². The van der Waals surface area contributed by atoms with Gasteiger partial charge < -0.3 is 9.47 Å². The van der Waals surface area contributed by atoms with E-state index < -0.39 is 0 Å². The first kappa shape index (κ1) is 22.4. The van der Waals surface area contributed by atoms with Crippen LogP contribution >= 0.6 is 0 Å². The van der Waals surface area contributed by atoms with Gasteiger partial charge in [0, 0.05) is 24.7 Å². The van der Waals surface area contributed by atoms with Gasteiger partial charge in [0.25, 0.3) is 0 Å². The van der Waals surface area contributed by atoms with Crippen LogP contribution in [0.2, 0.25) is 0 Å². The van der Waals surface area contributed by atoms with E-state index in [0.717, 1.165) is 38.5 Å². The minimum atomic E-state index is -0.266. The van der Waals surface area contributed by atoms with Crippen LogP contribution in [-0.4, -0.2) is 29.9 Å². The molecule has 0 spiro atoms. The van der Waals surface area contributed by atoms with Gasteiger partial charge in [-0.3, -0.25) is 9.59 Å². The van der Waals surface area contributed by atoms with E-state index in [9.17, 15) is 14.4 Å². The first-order chi connectivity index (χ1) is 15.7. The van der Waals surface area contributed by atoms with Gasteiger partial charge in [-0.1, -0.05) is 37.6 Å². The molecule has 0 N–H and O–H groups in total. The summed E-state index contributed by atoms with van der Waals surface area (Å²) >= 11 is 0. The predicted molar refractivity (Wildman–Crippen MR) is 123 cm³/mol. The maximum Gasteiger partial charge on any atom is 0.338 e. The first-order valence-corrected chi connectivity index (χ1v) is 12.4. The molecule has 0 heterocycles. The highest BCUT2D eigenvalue weighted by atomic mass is 16.5. The molecule has 7 atom stereocenters. The van der Waals surface area contributed by atoms with Crippen LogP contribution in [0.5, 0.6) is 0 Å². The van der Waals surface area contributed by atoms with Crippen LogP contribution in [-0.2, 0) is 19.1 Å². The highest BCUT2D eigenvalue weighted by Crippen LogP contribution is 2.64. The van der Waals surface area contributed by atoms with Crippen LogP contribution in [0.25, 0.3) is 0 Å². The van der Waals surface area contributed by atoms with Crippen LogP contribution < -0.4 is 0 Å².